The summed E-state index contributed by atoms with van der Waals surface area (Å²) < 4.78 is 0. The second-order valence-corrected chi connectivity index (χ2v) is 5.56. The number of carboxylic acids is 1. The number of carbonyl (C=O) groups excluding carboxylic acids is 1. The van der Waals surface area contributed by atoms with Gasteiger partial charge in [-0.15, -0.1) is 0 Å². The minimum absolute atomic E-state index is 0.0493. The highest BCUT2D eigenvalue weighted by atomic mass is 16.4. The highest BCUT2D eigenvalue weighted by Gasteiger charge is 2.25. The number of carboxylic acid groups (broad SMARTS) is 1. The maximum Gasteiger partial charge on any atom is 0.308 e. The number of carbonyl (C=O) groups is 2. The van der Waals surface area contributed by atoms with Crippen LogP contribution in [-0.2, 0) is 9.59 Å². The quantitative estimate of drug-likeness (QED) is 0.900. The Kier molecular flexibility index (Phi) is 5.31. The zero-order valence-electron chi connectivity index (χ0n) is 12.8. The molecular formula is C16H23NO3. The Hall–Kier alpha value is -1.84. The molecule has 4 nitrogen and oxygen atoms in total. The van der Waals surface area contributed by atoms with Crippen LogP contribution in [0, 0.1) is 25.7 Å². The highest BCUT2D eigenvalue weighted by Crippen LogP contribution is 2.25. The van der Waals surface area contributed by atoms with Crippen LogP contribution in [-0.4, -0.2) is 23.5 Å². The van der Waals surface area contributed by atoms with Gasteiger partial charge in [-0.3, -0.25) is 9.59 Å². The van der Waals surface area contributed by atoms with Gasteiger partial charge in [0.2, 0.25) is 5.91 Å². The summed E-state index contributed by atoms with van der Waals surface area (Å²) in [5, 5.41) is 9.08. The SMILES string of the molecule is Cc1cccc(N(CC(C)C(=O)O)C(=O)C(C)C)c1C. The molecule has 0 saturated heterocycles. The Morgan fingerprint density at radius 3 is 2.30 bits per heavy atom. The second-order valence-electron chi connectivity index (χ2n) is 5.56. The first-order valence-corrected chi connectivity index (χ1v) is 6.86. The molecule has 1 N–H and O–H groups in total. The van der Waals surface area contributed by atoms with Crippen molar-refractivity contribution in [2.24, 2.45) is 11.8 Å². The zero-order valence-corrected chi connectivity index (χ0v) is 12.8. The molecule has 1 amide bonds. The van der Waals surface area contributed by atoms with Crippen LogP contribution in [0.3, 0.4) is 0 Å². The number of aliphatic carboxylic acids is 1. The van der Waals surface area contributed by atoms with Gasteiger partial charge in [0, 0.05) is 18.2 Å². The van der Waals surface area contributed by atoms with Crippen molar-refractivity contribution in [3.63, 3.8) is 0 Å². The number of amides is 1. The molecular weight excluding hydrogens is 254 g/mol. The maximum atomic E-state index is 12.4. The minimum atomic E-state index is -0.892. The van der Waals surface area contributed by atoms with Crippen molar-refractivity contribution in [2.45, 2.75) is 34.6 Å². The predicted octanol–water partition coefficient (Wildman–Crippen LogP) is 3.01. The van der Waals surface area contributed by atoms with Crippen molar-refractivity contribution in [1.82, 2.24) is 0 Å². The van der Waals surface area contributed by atoms with Gasteiger partial charge in [0.05, 0.1) is 5.92 Å². The van der Waals surface area contributed by atoms with Crippen LogP contribution in [0.5, 0.6) is 0 Å². The fourth-order valence-corrected chi connectivity index (χ4v) is 2.00. The molecule has 1 aromatic rings. The number of anilines is 1. The van der Waals surface area contributed by atoms with Gasteiger partial charge in [-0.1, -0.05) is 32.9 Å². The summed E-state index contributed by atoms with van der Waals surface area (Å²) in [7, 11) is 0. The van der Waals surface area contributed by atoms with Crippen LogP contribution in [0.2, 0.25) is 0 Å². The topological polar surface area (TPSA) is 57.6 Å². The molecule has 1 aromatic carbocycles. The molecule has 0 aliphatic rings. The van der Waals surface area contributed by atoms with Crippen molar-refractivity contribution in [2.75, 3.05) is 11.4 Å². The largest absolute Gasteiger partial charge is 0.481 e. The van der Waals surface area contributed by atoms with E-state index in [0.29, 0.717) is 0 Å². The van der Waals surface area contributed by atoms with Crippen molar-refractivity contribution in [3.05, 3.63) is 29.3 Å². The van der Waals surface area contributed by atoms with Crippen LogP contribution in [0.15, 0.2) is 18.2 Å². The molecule has 0 heterocycles. The van der Waals surface area contributed by atoms with Crippen molar-refractivity contribution < 1.29 is 14.7 Å². The normalized spacial score (nSPS) is 12.3. The fraction of sp³-hybridized carbons (Fsp3) is 0.500. The summed E-state index contributed by atoms with van der Waals surface area (Å²) in [4.78, 5) is 25.1. The van der Waals surface area contributed by atoms with E-state index in [-0.39, 0.29) is 18.4 Å². The third-order valence-corrected chi connectivity index (χ3v) is 3.50. The van der Waals surface area contributed by atoms with Gasteiger partial charge < -0.3 is 10.0 Å². The molecule has 0 aromatic heterocycles. The lowest BCUT2D eigenvalue weighted by Crippen LogP contribution is -2.39. The van der Waals surface area contributed by atoms with Gasteiger partial charge in [-0.2, -0.15) is 0 Å². The van der Waals surface area contributed by atoms with Gasteiger partial charge in [0.1, 0.15) is 0 Å². The standard InChI is InChI=1S/C16H23NO3/c1-10(2)15(18)17(9-12(4)16(19)20)14-8-6-7-11(3)13(14)5/h6-8,10,12H,9H2,1-5H3,(H,19,20). The van der Waals surface area contributed by atoms with Crippen molar-refractivity contribution in [3.8, 4) is 0 Å². The summed E-state index contributed by atoms with van der Waals surface area (Å²) in [5.41, 5.74) is 2.91. The molecule has 110 valence electrons. The van der Waals surface area contributed by atoms with E-state index in [4.69, 9.17) is 5.11 Å². The van der Waals surface area contributed by atoms with Crippen LogP contribution >= 0.6 is 0 Å². The first-order valence-electron chi connectivity index (χ1n) is 6.86. The molecule has 1 rings (SSSR count). The number of nitrogens with zero attached hydrogens (tertiary/aromatic N) is 1. The Morgan fingerprint density at radius 1 is 1.20 bits per heavy atom. The molecule has 0 bridgehead atoms. The van der Waals surface area contributed by atoms with Gasteiger partial charge >= 0.3 is 5.97 Å². The summed E-state index contributed by atoms with van der Waals surface area (Å²) in [5.74, 6) is -1.71. The molecule has 0 spiro atoms. The third-order valence-electron chi connectivity index (χ3n) is 3.50. The van der Waals surface area contributed by atoms with Crippen molar-refractivity contribution in [1.29, 1.82) is 0 Å². The summed E-state index contributed by atoms with van der Waals surface area (Å²) in [6.07, 6.45) is 0. The first-order chi connectivity index (χ1) is 9.25. The number of rotatable bonds is 5. The number of aryl methyl sites for hydroxylation is 1. The molecule has 0 radical (unpaired) electrons. The smallest absolute Gasteiger partial charge is 0.308 e. The van der Waals surface area contributed by atoms with E-state index in [2.05, 4.69) is 0 Å². The minimum Gasteiger partial charge on any atom is -0.481 e. The molecule has 0 saturated carbocycles. The van der Waals surface area contributed by atoms with E-state index in [1.54, 1.807) is 11.8 Å². The Labute approximate surface area is 120 Å². The van der Waals surface area contributed by atoms with E-state index in [1.165, 1.54) is 0 Å². The first kappa shape index (κ1) is 16.2. The van der Waals surface area contributed by atoms with Gasteiger partial charge in [0.15, 0.2) is 0 Å². The monoisotopic (exact) mass is 277 g/mol. The maximum absolute atomic E-state index is 12.4. The lowest BCUT2D eigenvalue weighted by molar-refractivity contribution is -0.140. The fourth-order valence-electron chi connectivity index (χ4n) is 2.00. The molecule has 1 unspecified atom stereocenters. The molecule has 4 heteroatoms. The third kappa shape index (κ3) is 3.59. The van der Waals surface area contributed by atoms with E-state index in [1.807, 2.05) is 45.9 Å². The van der Waals surface area contributed by atoms with E-state index in [0.717, 1.165) is 16.8 Å². The van der Waals surface area contributed by atoms with Crippen LogP contribution in [0.4, 0.5) is 5.69 Å². The number of hydrogen-bond donors (Lipinski definition) is 1. The Bertz CT molecular complexity index is 508. The van der Waals surface area contributed by atoms with Gasteiger partial charge in [-0.25, -0.2) is 0 Å². The molecule has 0 fully saturated rings. The number of benzene rings is 1. The van der Waals surface area contributed by atoms with Gasteiger partial charge in [0.25, 0.3) is 0 Å². The molecule has 20 heavy (non-hydrogen) atoms. The average Bonchev–Trinajstić information content (AvgIpc) is 2.38. The lowest BCUT2D eigenvalue weighted by Gasteiger charge is -2.28. The summed E-state index contributed by atoms with van der Waals surface area (Å²) in [6, 6.07) is 5.75. The summed E-state index contributed by atoms with van der Waals surface area (Å²) in [6.45, 7) is 9.40. The highest BCUT2D eigenvalue weighted by molar-refractivity contribution is 5.96. The molecule has 1 atom stereocenters. The number of hydrogen-bond acceptors (Lipinski definition) is 2. The second kappa shape index (κ2) is 6.55. The molecule has 0 aliphatic heterocycles. The van der Waals surface area contributed by atoms with E-state index in [9.17, 15) is 9.59 Å². The Morgan fingerprint density at radius 2 is 1.80 bits per heavy atom. The predicted molar refractivity (Wildman–Crippen MR) is 79.9 cm³/mol. The summed E-state index contributed by atoms with van der Waals surface area (Å²) >= 11 is 0. The lowest BCUT2D eigenvalue weighted by atomic mass is 10.0. The average molecular weight is 277 g/mol. The van der Waals surface area contributed by atoms with Gasteiger partial charge in [-0.05, 0) is 31.0 Å². The Balaban J connectivity index is 3.20. The van der Waals surface area contributed by atoms with Crippen LogP contribution in [0.25, 0.3) is 0 Å². The van der Waals surface area contributed by atoms with E-state index < -0.39 is 11.9 Å². The van der Waals surface area contributed by atoms with Crippen LogP contribution in [0.1, 0.15) is 31.9 Å². The van der Waals surface area contributed by atoms with Crippen LogP contribution < -0.4 is 4.90 Å². The van der Waals surface area contributed by atoms with Crippen molar-refractivity contribution >= 4 is 17.6 Å². The zero-order chi connectivity index (χ0) is 15.4. The van der Waals surface area contributed by atoms with E-state index >= 15 is 0 Å². The molecule has 0 aliphatic carbocycles.